The molecule has 1 atom stereocenters. The van der Waals surface area contributed by atoms with E-state index >= 15 is 4.39 Å². The largest absolute Gasteiger partial charge is 0.478 e. The number of hydrogen-bond acceptors (Lipinski definition) is 4. The van der Waals surface area contributed by atoms with Crippen molar-refractivity contribution in [3.05, 3.63) is 70.4 Å². The van der Waals surface area contributed by atoms with Crippen LogP contribution < -0.4 is 9.80 Å². The fraction of sp³-hybridized carbons (Fsp3) is 0.286. The highest BCUT2D eigenvalue weighted by Gasteiger charge is 2.35. The van der Waals surface area contributed by atoms with Crippen LogP contribution in [0.15, 0.2) is 42.1 Å². The van der Waals surface area contributed by atoms with Crippen molar-refractivity contribution < 1.29 is 23.8 Å². The van der Waals surface area contributed by atoms with Crippen molar-refractivity contribution in [2.24, 2.45) is 0 Å². The lowest BCUT2D eigenvalue weighted by atomic mass is 9.94. The van der Waals surface area contributed by atoms with Crippen LogP contribution in [-0.4, -0.2) is 29.3 Å². The Hall–Kier alpha value is -2.93. The van der Waals surface area contributed by atoms with Crippen LogP contribution in [0.25, 0.3) is 0 Å². The van der Waals surface area contributed by atoms with E-state index in [2.05, 4.69) is 0 Å². The Morgan fingerprint density at radius 2 is 1.93 bits per heavy atom. The number of aliphatic hydroxyl groups excluding tert-OH is 1. The number of aliphatic hydroxyl groups is 1. The summed E-state index contributed by atoms with van der Waals surface area (Å²) in [5, 5.41) is 19.6. The topological polar surface area (TPSA) is 64.0 Å². The molecule has 0 bridgehead atoms. The third-order valence-electron chi connectivity index (χ3n) is 5.40. The van der Waals surface area contributed by atoms with Crippen molar-refractivity contribution in [2.75, 3.05) is 22.9 Å². The molecule has 4 rings (SSSR count). The van der Waals surface area contributed by atoms with Gasteiger partial charge in [0.15, 0.2) is 5.82 Å². The van der Waals surface area contributed by atoms with Crippen molar-refractivity contribution in [3.8, 4) is 0 Å². The Bertz CT molecular complexity index is 990. The molecular formula is C21H20F2N2O3. The van der Waals surface area contributed by atoms with Crippen LogP contribution >= 0.6 is 0 Å². The SMILES string of the molecule is CCN1C=C(C(=O)O)C(O)c2cc(F)c(N3CCc4ccccc4C3)c(F)c21. The van der Waals surface area contributed by atoms with E-state index in [9.17, 15) is 19.4 Å². The van der Waals surface area contributed by atoms with Crippen LogP contribution in [0.1, 0.15) is 29.7 Å². The summed E-state index contributed by atoms with van der Waals surface area (Å²) < 4.78 is 30.5. The first-order chi connectivity index (χ1) is 13.4. The average Bonchev–Trinajstić information content (AvgIpc) is 2.68. The van der Waals surface area contributed by atoms with Gasteiger partial charge in [0, 0.05) is 31.4 Å². The first-order valence-electron chi connectivity index (χ1n) is 9.15. The summed E-state index contributed by atoms with van der Waals surface area (Å²) in [7, 11) is 0. The van der Waals surface area contributed by atoms with Crippen molar-refractivity contribution in [2.45, 2.75) is 26.0 Å². The molecule has 0 aliphatic carbocycles. The molecule has 2 aromatic rings. The number of nitrogens with zero attached hydrogens (tertiary/aromatic N) is 2. The number of halogens is 2. The number of carboxylic acid groups (broad SMARTS) is 1. The summed E-state index contributed by atoms with van der Waals surface area (Å²) in [5.41, 5.74) is 1.68. The second-order valence-corrected chi connectivity index (χ2v) is 6.98. The maximum Gasteiger partial charge on any atom is 0.336 e. The summed E-state index contributed by atoms with van der Waals surface area (Å²) in [6.45, 7) is 2.86. The first-order valence-corrected chi connectivity index (χ1v) is 9.15. The third kappa shape index (κ3) is 2.82. The molecule has 2 aliphatic rings. The molecule has 0 spiro atoms. The summed E-state index contributed by atoms with van der Waals surface area (Å²) >= 11 is 0. The van der Waals surface area contributed by atoms with Crippen LogP contribution in [0.5, 0.6) is 0 Å². The molecule has 2 heterocycles. The molecule has 0 amide bonds. The van der Waals surface area contributed by atoms with Crippen LogP contribution in [0, 0.1) is 11.6 Å². The number of fused-ring (bicyclic) bond motifs is 2. The minimum Gasteiger partial charge on any atom is -0.478 e. The number of carboxylic acids is 1. The van der Waals surface area contributed by atoms with Gasteiger partial charge >= 0.3 is 5.97 Å². The standard InChI is InChI=1S/C21H20F2N2O3/c1-2-24-11-15(21(27)28)20(26)14-9-16(22)19(17(23)18(14)24)25-8-7-12-5-3-4-6-13(12)10-25/h3-6,9,11,20,26H,2,7-8,10H2,1H3,(H,27,28). The minimum atomic E-state index is -1.59. The molecular weight excluding hydrogens is 366 g/mol. The molecule has 28 heavy (non-hydrogen) atoms. The monoisotopic (exact) mass is 386 g/mol. The molecule has 0 radical (unpaired) electrons. The van der Waals surface area contributed by atoms with Crippen LogP contribution in [0.2, 0.25) is 0 Å². The zero-order chi connectivity index (χ0) is 20.0. The van der Waals surface area contributed by atoms with E-state index in [0.29, 0.717) is 19.5 Å². The Balaban J connectivity index is 1.81. The molecule has 1 unspecified atom stereocenters. The fourth-order valence-corrected chi connectivity index (χ4v) is 3.99. The number of benzene rings is 2. The molecule has 2 N–H and O–H groups in total. The highest BCUT2D eigenvalue weighted by Crippen LogP contribution is 2.43. The van der Waals surface area contributed by atoms with Gasteiger partial charge in [-0.2, -0.15) is 0 Å². The first kappa shape index (κ1) is 18.4. The van der Waals surface area contributed by atoms with E-state index in [1.54, 1.807) is 11.8 Å². The quantitative estimate of drug-likeness (QED) is 0.847. The Morgan fingerprint density at radius 3 is 2.61 bits per heavy atom. The van der Waals surface area contributed by atoms with Crippen LogP contribution in [0.4, 0.5) is 20.2 Å². The number of rotatable bonds is 3. The zero-order valence-corrected chi connectivity index (χ0v) is 15.3. The summed E-state index contributed by atoms with van der Waals surface area (Å²) in [4.78, 5) is 14.4. The summed E-state index contributed by atoms with van der Waals surface area (Å²) in [6, 6.07) is 8.85. The highest BCUT2D eigenvalue weighted by atomic mass is 19.1. The van der Waals surface area contributed by atoms with E-state index in [4.69, 9.17) is 0 Å². The van der Waals surface area contributed by atoms with Gasteiger partial charge in [-0.25, -0.2) is 13.6 Å². The predicted molar refractivity (Wildman–Crippen MR) is 101 cm³/mol. The highest BCUT2D eigenvalue weighted by molar-refractivity contribution is 5.91. The van der Waals surface area contributed by atoms with Gasteiger partial charge in [-0.15, -0.1) is 0 Å². The number of aliphatic carboxylic acids is 1. The normalized spacial score (nSPS) is 18.4. The predicted octanol–water partition coefficient (Wildman–Crippen LogP) is 3.37. The minimum absolute atomic E-state index is 0.0234. The molecule has 146 valence electrons. The second kappa shape index (κ2) is 6.91. The van der Waals surface area contributed by atoms with E-state index in [1.807, 2.05) is 24.3 Å². The van der Waals surface area contributed by atoms with E-state index in [1.165, 1.54) is 11.1 Å². The van der Waals surface area contributed by atoms with Gasteiger partial charge in [0.1, 0.15) is 17.6 Å². The lowest BCUT2D eigenvalue weighted by molar-refractivity contribution is -0.133. The van der Waals surface area contributed by atoms with Gasteiger partial charge in [-0.1, -0.05) is 24.3 Å². The van der Waals surface area contributed by atoms with E-state index in [0.717, 1.165) is 17.2 Å². The lowest BCUT2D eigenvalue weighted by Gasteiger charge is -2.35. The van der Waals surface area contributed by atoms with Crippen molar-refractivity contribution in [1.82, 2.24) is 0 Å². The van der Waals surface area contributed by atoms with Crippen LogP contribution in [-0.2, 0) is 17.8 Å². The summed E-state index contributed by atoms with van der Waals surface area (Å²) in [6.07, 6.45) is 0.302. The van der Waals surface area contributed by atoms with Gasteiger partial charge < -0.3 is 20.0 Å². The average molecular weight is 386 g/mol. The second-order valence-electron chi connectivity index (χ2n) is 6.98. The molecule has 7 heteroatoms. The van der Waals surface area contributed by atoms with Crippen molar-refractivity contribution in [1.29, 1.82) is 0 Å². The molecule has 2 aromatic carbocycles. The smallest absolute Gasteiger partial charge is 0.336 e. The third-order valence-corrected chi connectivity index (χ3v) is 5.40. The zero-order valence-electron chi connectivity index (χ0n) is 15.3. The van der Waals surface area contributed by atoms with Crippen molar-refractivity contribution >= 4 is 17.3 Å². The number of hydrogen-bond donors (Lipinski definition) is 2. The number of carbonyl (C=O) groups is 1. The van der Waals surface area contributed by atoms with Gasteiger partial charge in [-0.3, -0.25) is 0 Å². The molecule has 0 saturated carbocycles. The Kier molecular flexibility index (Phi) is 4.55. The molecule has 0 aromatic heterocycles. The van der Waals surface area contributed by atoms with E-state index < -0.39 is 23.7 Å². The van der Waals surface area contributed by atoms with E-state index in [-0.39, 0.29) is 29.1 Å². The summed E-state index contributed by atoms with van der Waals surface area (Å²) in [5.74, 6) is -2.91. The Labute approximate surface area is 161 Å². The van der Waals surface area contributed by atoms with Crippen LogP contribution in [0.3, 0.4) is 0 Å². The maximum atomic E-state index is 15.5. The van der Waals surface area contributed by atoms with Gasteiger partial charge in [0.2, 0.25) is 0 Å². The van der Waals surface area contributed by atoms with Gasteiger partial charge in [-0.05, 0) is 30.5 Å². The molecule has 5 nitrogen and oxygen atoms in total. The van der Waals surface area contributed by atoms with Crippen molar-refractivity contribution in [3.63, 3.8) is 0 Å². The molecule has 2 aliphatic heterocycles. The fourth-order valence-electron chi connectivity index (χ4n) is 3.99. The molecule has 0 fully saturated rings. The van der Waals surface area contributed by atoms with Gasteiger partial charge in [0.05, 0.1) is 11.3 Å². The molecule has 0 saturated heterocycles. The maximum absolute atomic E-state index is 15.5. The number of anilines is 2. The Morgan fingerprint density at radius 1 is 1.21 bits per heavy atom. The van der Waals surface area contributed by atoms with Gasteiger partial charge in [0.25, 0.3) is 0 Å². The lowest BCUT2D eigenvalue weighted by Crippen LogP contribution is -2.34.